The zero-order chi connectivity index (χ0) is 22.6. The zero-order valence-corrected chi connectivity index (χ0v) is 19.0. The fraction of sp³-hybridized carbons (Fsp3) is 0.346. The van der Waals surface area contributed by atoms with Gasteiger partial charge in [-0.3, -0.25) is 19.4 Å². The molecule has 1 fully saturated rings. The molecule has 0 saturated carbocycles. The standard InChI is InChI=1S/C26H29N5O2/c1-20(32)30-15-13-29(14-16-30)11-2-12-31-19-23-17-25(7-8-26(23)28-31)33-24-5-3-21(4-6-24)22-9-10-27-18-22/h3-10,17,19H,2,11-16,18H2,1H3. The summed E-state index contributed by atoms with van der Waals surface area (Å²) in [6.45, 7) is 7.86. The first-order valence-corrected chi connectivity index (χ1v) is 11.6. The van der Waals surface area contributed by atoms with Crippen LogP contribution in [0.4, 0.5) is 0 Å². The normalized spacial score (nSPS) is 16.4. The van der Waals surface area contributed by atoms with E-state index in [0.29, 0.717) is 0 Å². The molecule has 33 heavy (non-hydrogen) atoms. The second kappa shape index (κ2) is 9.58. The van der Waals surface area contributed by atoms with Gasteiger partial charge in [0.1, 0.15) is 11.5 Å². The van der Waals surface area contributed by atoms with E-state index in [2.05, 4.69) is 34.3 Å². The fourth-order valence-electron chi connectivity index (χ4n) is 4.38. The van der Waals surface area contributed by atoms with E-state index in [-0.39, 0.29) is 5.91 Å². The van der Waals surface area contributed by atoms with E-state index in [1.165, 1.54) is 11.1 Å². The van der Waals surface area contributed by atoms with Gasteiger partial charge in [0.25, 0.3) is 0 Å². The molecular formula is C26H29N5O2. The lowest BCUT2D eigenvalue weighted by Gasteiger charge is -2.34. The van der Waals surface area contributed by atoms with Crippen LogP contribution in [0.3, 0.4) is 0 Å². The molecule has 0 radical (unpaired) electrons. The summed E-state index contributed by atoms with van der Waals surface area (Å²) in [5, 5.41) is 5.78. The number of aromatic nitrogens is 2. The Balaban J connectivity index is 1.15. The van der Waals surface area contributed by atoms with Crippen LogP contribution >= 0.6 is 0 Å². The number of nitrogens with zero attached hydrogens (tertiary/aromatic N) is 5. The van der Waals surface area contributed by atoms with Gasteiger partial charge in [0, 0.05) is 64.0 Å². The molecule has 7 heteroatoms. The Bertz CT molecular complexity index is 1190. The highest BCUT2D eigenvalue weighted by Gasteiger charge is 2.18. The Kier molecular flexibility index (Phi) is 6.21. The number of amides is 1. The molecule has 170 valence electrons. The van der Waals surface area contributed by atoms with Gasteiger partial charge in [-0.2, -0.15) is 5.10 Å². The average Bonchev–Trinajstić information content (AvgIpc) is 3.50. The number of ether oxygens (including phenoxy) is 1. The summed E-state index contributed by atoms with van der Waals surface area (Å²) in [5.41, 5.74) is 3.38. The van der Waals surface area contributed by atoms with E-state index >= 15 is 0 Å². The van der Waals surface area contributed by atoms with Gasteiger partial charge in [-0.1, -0.05) is 12.1 Å². The number of carbonyl (C=O) groups is 1. The topological polar surface area (TPSA) is 63.0 Å². The van der Waals surface area contributed by atoms with Crippen molar-refractivity contribution in [1.82, 2.24) is 19.6 Å². The van der Waals surface area contributed by atoms with Gasteiger partial charge in [0.05, 0.1) is 12.1 Å². The smallest absolute Gasteiger partial charge is 0.219 e. The summed E-state index contributed by atoms with van der Waals surface area (Å²) < 4.78 is 8.10. The second-order valence-electron chi connectivity index (χ2n) is 8.62. The maximum atomic E-state index is 11.5. The number of hydrogen-bond donors (Lipinski definition) is 0. The van der Waals surface area contributed by atoms with Crippen molar-refractivity contribution in [2.75, 3.05) is 39.3 Å². The molecule has 7 nitrogen and oxygen atoms in total. The molecule has 5 rings (SSSR count). The van der Waals surface area contributed by atoms with Crippen molar-refractivity contribution in [1.29, 1.82) is 0 Å². The summed E-state index contributed by atoms with van der Waals surface area (Å²) in [5.74, 6) is 1.80. The van der Waals surface area contributed by atoms with Crippen molar-refractivity contribution in [3.63, 3.8) is 0 Å². The third-order valence-electron chi connectivity index (χ3n) is 6.31. The van der Waals surface area contributed by atoms with E-state index < -0.39 is 0 Å². The van der Waals surface area contributed by atoms with E-state index in [1.807, 2.05) is 46.1 Å². The summed E-state index contributed by atoms with van der Waals surface area (Å²) >= 11 is 0. The van der Waals surface area contributed by atoms with Gasteiger partial charge in [-0.15, -0.1) is 0 Å². The van der Waals surface area contributed by atoms with Crippen LogP contribution in [0, 0.1) is 0 Å². The summed E-state index contributed by atoms with van der Waals surface area (Å²) in [4.78, 5) is 20.1. The number of carbonyl (C=O) groups excluding carboxylic acids is 1. The predicted molar refractivity (Wildman–Crippen MR) is 131 cm³/mol. The number of piperazine rings is 1. The largest absolute Gasteiger partial charge is 0.457 e. The van der Waals surface area contributed by atoms with Crippen molar-refractivity contribution >= 4 is 28.6 Å². The maximum Gasteiger partial charge on any atom is 0.219 e. The predicted octanol–water partition coefficient (Wildman–Crippen LogP) is 3.85. The van der Waals surface area contributed by atoms with Crippen LogP contribution in [-0.2, 0) is 11.3 Å². The van der Waals surface area contributed by atoms with Gasteiger partial charge in [0.15, 0.2) is 0 Å². The molecule has 1 aromatic heterocycles. The van der Waals surface area contributed by atoms with Gasteiger partial charge in [-0.05, 0) is 54.0 Å². The van der Waals surface area contributed by atoms with Gasteiger partial charge >= 0.3 is 0 Å². The monoisotopic (exact) mass is 443 g/mol. The molecular weight excluding hydrogens is 414 g/mol. The van der Waals surface area contributed by atoms with E-state index in [1.54, 1.807) is 6.92 Å². The fourth-order valence-corrected chi connectivity index (χ4v) is 4.38. The highest BCUT2D eigenvalue weighted by molar-refractivity contribution is 5.89. The number of aryl methyl sites for hydroxylation is 1. The first-order chi connectivity index (χ1) is 16.1. The lowest BCUT2D eigenvalue weighted by atomic mass is 10.1. The van der Waals surface area contributed by atoms with Gasteiger partial charge in [0.2, 0.25) is 5.91 Å². The highest BCUT2D eigenvalue weighted by Crippen LogP contribution is 2.27. The molecule has 0 unspecified atom stereocenters. The SMILES string of the molecule is CC(=O)N1CCN(CCCn2cc3cc(Oc4ccc(C5=CC=NC5)cc4)ccc3n2)CC1. The average molecular weight is 444 g/mol. The molecule has 0 aliphatic carbocycles. The number of benzene rings is 2. The molecule has 3 aromatic rings. The van der Waals surface area contributed by atoms with Crippen molar-refractivity contribution in [2.45, 2.75) is 19.9 Å². The number of hydrogen-bond acceptors (Lipinski definition) is 5. The molecule has 2 aliphatic rings. The zero-order valence-electron chi connectivity index (χ0n) is 19.0. The lowest BCUT2D eigenvalue weighted by molar-refractivity contribution is -0.130. The maximum absolute atomic E-state index is 11.5. The minimum absolute atomic E-state index is 0.176. The van der Waals surface area contributed by atoms with Gasteiger partial charge in [-0.25, -0.2) is 0 Å². The Morgan fingerprint density at radius 3 is 2.52 bits per heavy atom. The molecule has 0 atom stereocenters. The van der Waals surface area contributed by atoms with Crippen LogP contribution in [-0.4, -0.2) is 71.0 Å². The number of rotatable bonds is 7. The Hall–Kier alpha value is -3.45. The number of aliphatic imine (C=N–C) groups is 1. The van der Waals surface area contributed by atoms with Crippen molar-refractivity contribution in [3.05, 3.63) is 60.3 Å². The molecule has 2 aromatic carbocycles. The highest BCUT2D eigenvalue weighted by atomic mass is 16.5. The first-order valence-electron chi connectivity index (χ1n) is 11.6. The Morgan fingerprint density at radius 2 is 1.79 bits per heavy atom. The molecule has 0 N–H and O–H groups in total. The lowest BCUT2D eigenvalue weighted by Crippen LogP contribution is -2.48. The van der Waals surface area contributed by atoms with Crippen molar-refractivity contribution in [2.24, 2.45) is 4.99 Å². The molecule has 2 aliphatic heterocycles. The quantitative estimate of drug-likeness (QED) is 0.557. The third kappa shape index (κ3) is 5.14. The molecule has 0 spiro atoms. The van der Waals surface area contributed by atoms with Crippen LogP contribution in [0.2, 0.25) is 0 Å². The minimum atomic E-state index is 0.176. The molecule has 1 amide bonds. The first kappa shape index (κ1) is 21.4. The van der Waals surface area contributed by atoms with Crippen LogP contribution in [0.15, 0.2) is 59.7 Å². The van der Waals surface area contributed by atoms with Crippen molar-refractivity contribution < 1.29 is 9.53 Å². The molecule has 3 heterocycles. The third-order valence-corrected chi connectivity index (χ3v) is 6.31. The number of allylic oxidation sites excluding steroid dienone is 1. The summed E-state index contributed by atoms with van der Waals surface area (Å²) in [7, 11) is 0. The van der Waals surface area contributed by atoms with Crippen LogP contribution in [0.25, 0.3) is 16.5 Å². The van der Waals surface area contributed by atoms with Crippen molar-refractivity contribution in [3.8, 4) is 11.5 Å². The van der Waals surface area contributed by atoms with E-state index in [0.717, 1.165) is 74.6 Å². The van der Waals surface area contributed by atoms with Gasteiger partial charge < -0.3 is 9.64 Å². The molecule has 1 saturated heterocycles. The summed E-state index contributed by atoms with van der Waals surface area (Å²) in [6, 6.07) is 14.2. The minimum Gasteiger partial charge on any atom is -0.457 e. The van der Waals surface area contributed by atoms with Crippen LogP contribution in [0.1, 0.15) is 18.9 Å². The summed E-state index contributed by atoms with van der Waals surface area (Å²) in [6.07, 6.45) is 7.03. The van der Waals surface area contributed by atoms with E-state index in [9.17, 15) is 4.79 Å². The second-order valence-corrected chi connectivity index (χ2v) is 8.62. The molecule has 0 bridgehead atoms. The Morgan fingerprint density at radius 1 is 1.00 bits per heavy atom. The van der Waals surface area contributed by atoms with E-state index in [4.69, 9.17) is 9.84 Å². The van der Waals surface area contributed by atoms with Crippen LogP contribution < -0.4 is 4.74 Å². The number of fused-ring (bicyclic) bond motifs is 1. The Labute approximate surface area is 194 Å². The van der Waals surface area contributed by atoms with Crippen LogP contribution in [0.5, 0.6) is 11.5 Å².